The molecule has 1 aromatic heterocycles. The number of fused-ring (bicyclic) bond motifs is 2. The van der Waals surface area contributed by atoms with E-state index in [0.29, 0.717) is 63.5 Å². The first-order valence-electron chi connectivity index (χ1n) is 20.0. The Kier molecular flexibility index (Phi) is 10.9. The number of carbonyl (C=O) groups is 3. The van der Waals surface area contributed by atoms with Crippen LogP contribution in [0.5, 0.6) is 0 Å². The third-order valence-corrected chi connectivity index (χ3v) is 12.0. The molecule has 288 valence electrons. The minimum absolute atomic E-state index is 0.00613. The Morgan fingerprint density at radius 1 is 0.750 bits per heavy atom. The third-order valence-electron chi connectivity index (χ3n) is 12.0. The molecule has 0 unspecified atom stereocenters. The predicted molar refractivity (Wildman–Crippen MR) is 220 cm³/mol. The van der Waals surface area contributed by atoms with E-state index in [0.717, 1.165) is 76.4 Å². The Morgan fingerprint density at radius 2 is 1.45 bits per heavy atom. The minimum atomic E-state index is -0.176. The van der Waals surface area contributed by atoms with Crippen molar-refractivity contribution in [2.45, 2.75) is 65.7 Å². The Labute approximate surface area is 329 Å². The topological polar surface area (TPSA) is 87.1 Å². The number of hydrogen-bond acceptors (Lipinski definition) is 5. The number of ether oxygens (including phenoxy) is 1. The first-order chi connectivity index (χ1) is 27.2. The molecule has 0 bridgehead atoms. The lowest BCUT2D eigenvalue weighted by Crippen LogP contribution is -2.43. The first-order valence-corrected chi connectivity index (χ1v) is 20.0. The number of nitrogens with zero attached hydrogens (tertiary/aromatic N) is 4. The number of hydrogen-bond donors (Lipinski definition) is 1. The number of aromatic nitrogens is 1. The lowest BCUT2D eigenvalue weighted by molar-refractivity contribution is -0.131. The number of para-hydroxylation sites is 1. The Bertz CT molecular complexity index is 2240. The maximum atomic E-state index is 15.2. The molecule has 9 heteroatoms. The fourth-order valence-electron chi connectivity index (χ4n) is 8.70. The standard InChI is InChI=1S/C47H51N5O4/c1-32-26-36-14-10-11-15-38(36)31-52(32)47(55)42-29-39-30-50(43(53)27-35-12-6-4-7-13-35)19-18-37(39)28-41(42)44-33(2)34(3)45(46(54)48-40-16-8-5-9-17-40)51(44)21-20-49-22-24-56-25-23-49/h4-17,28-29,32H,18-27,30-31H2,1-3H3,(H,48,54)/t32-/m1/s1. The van der Waals surface area contributed by atoms with Crippen LogP contribution in [0, 0.1) is 13.8 Å². The molecule has 3 amide bonds. The molecule has 1 atom stereocenters. The van der Waals surface area contributed by atoms with Crippen molar-refractivity contribution >= 4 is 23.4 Å². The van der Waals surface area contributed by atoms with Crippen LogP contribution in [0.15, 0.2) is 97.1 Å². The number of anilines is 1. The van der Waals surface area contributed by atoms with Gasteiger partial charge >= 0.3 is 0 Å². The van der Waals surface area contributed by atoms with Crippen LogP contribution in [0.2, 0.25) is 0 Å². The van der Waals surface area contributed by atoms with Gasteiger partial charge in [-0.3, -0.25) is 19.3 Å². The molecule has 3 aliphatic rings. The third kappa shape index (κ3) is 7.66. The molecule has 0 spiro atoms. The number of nitrogens with one attached hydrogen (secondary N) is 1. The summed E-state index contributed by atoms with van der Waals surface area (Å²) >= 11 is 0. The average Bonchev–Trinajstić information content (AvgIpc) is 3.48. The Morgan fingerprint density at radius 3 is 2.20 bits per heavy atom. The predicted octanol–water partition coefficient (Wildman–Crippen LogP) is 7.07. The summed E-state index contributed by atoms with van der Waals surface area (Å²) in [6, 6.07) is 32.1. The maximum absolute atomic E-state index is 15.2. The highest BCUT2D eigenvalue weighted by molar-refractivity contribution is 6.07. The lowest BCUT2D eigenvalue weighted by Gasteiger charge is -2.36. The zero-order chi connectivity index (χ0) is 38.8. The van der Waals surface area contributed by atoms with Crippen LogP contribution in [-0.2, 0) is 48.4 Å². The molecule has 1 fully saturated rings. The summed E-state index contributed by atoms with van der Waals surface area (Å²) in [6.45, 7) is 12.1. The van der Waals surface area contributed by atoms with Gasteiger partial charge in [-0.15, -0.1) is 0 Å². The van der Waals surface area contributed by atoms with Gasteiger partial charge in [0.2, 0.25) is 5.91 Å². The molecule has 0 saturated carbocycles. The minimum Gasteiger partial charge on any atom is -0.379 e. The van der Waals surface area contributed by atoms with Gasteiger partial charge in [-0.1, -0.05) is 72.8 Å². The van der Waals surface area contributed by atoms with Gasteiger partial charge in [-0.2, -0.15) is 0 Å². The van der Waals surface area contributed by atoms with Gasteiger partial charge in [0.05, 0.1) is 25.3 Å². The Hall–Kier alpha value is -5.51. The van der Waals surface area contributed by atoms with E-state index in [1.54, 1.807) is 0 Å². The summed E-state index contributed by atoms with van der Waals surface area (Å²) in [5.74, 6) is -0.131. The van der Waals surface area contributed by atoms with Crippen molar-refractivity contribution in [1.82, 2.24) is 19.3 Å². The largest absolute Gasteiger partial charge is 0.379 e. The van der Waals surface area contributed by atoms with E-state index in [4.69, 9.17) is 4.74 Å². The highest BCUT2D eigenvalue weighted by Crippen LogP contribution is 2.38. The zero-order valence-electron chi connectivity index (χ0n) is 32.7. The average molecular weight is 750 g/mol. The second kappa shape index (κ2) is 16.3. The van der Waals surface area contributed by atoms with Crippen molar-refractivity contribution in [1.29, 1.82) is 0 Å². The van der Waals surface area contributed by atoms with Crippen molar-refractivity contribution < 1.29 is 19.1 Å². The fraction of sp³-hybridized carbons (Fsp3) is 0.340. The van der Waals surface area contributed by atoms with Crippen LogP contribution in [0.4, 0.5) is 5.69 Å². The molecule has 4 heterocycles. The second-order valence-corrected chi connectivity index (χ2v) is 15.5. The van der Waals surface area contributed by atoms with Crippen LogP contribution in [-0.4, -0.2) is 82.4 Å². The quantitative estimate of drug-likeness (QED) is 0.174. The molecule has 1 N–H and O–H groups in total. The van der Waals surface area contributed by atoms with Gasteiger partial charge in [0.25, 0.3) is 11.8 Å². The fourth-order valence-corrected chi connectivity index (χ4v) is 8.70. The van der Waals surface area contributed by atoms with E-state index in [1.807, 2.05) is 83.5 Å². The number of amides is 3. The summed E-state index contributed by atoms with van der Waals surface area (Å²) in [5, 5.41) is 3.15. The van der Waals surface area contributed by atoms with Gasteiger partial charge in [-0.25, -0.2) is 0 Å². The molecular formula is C47H51N5O4. The SMILES string of the molecule is Cc1c(C)c(-c2cc3c(cc2C(=O)N2Cc4ccccc4C[C@H]2C)CN(C(=O)Cc2ccccc2)CC3)n(CCN2CCOCC2)c1C(=O)Nc1ccccc1. The first kappa shape index (κ1) is 37.4. The van der Waals surface area contributed by atoms with E-state index in [-0.39, 0.29) is 23.8 Å². The van der Waals surface area contributed by atoms with Gasteiger partial charge in [0.15, 0.2) is 0 Å². The Balaban J connectivity index is 1.23. The smallest absolute Gasteiger partial charge is 0.272 e. The molecule has 0 aliphatic carbocycles. The second-order valence-electron chi connectivity index (χ2n) is 15.5. The number of morpholine rings is 1. The number of rotatable bonds is 9. The maximum Gasteiger partial charge on any atom is 0.272 e. The molecule has 0 radical (unpaired) electrons. The molecule has 9 nitrogen and oxygen atoms in total. The molecule has 5 aromatic rings. The molecule has 56 heavy (non-hydrogen) atoms. The van der Waals surface area contributed by atoms with Crippen molar-refractivity contribution in [3.63, 3.8) is 0 Å². The summed E-state index contributed by atoms with van der Waals surface area (Å²) in [4.78, 5) is 49.4. The summed E-state index contributed by atoms with van der Waals surface area (Å²) < 4.78 is 7.81. The molecule has 8 rings (SSSR count). The van der Waals surface area contributed by atoms with Crippen LogP contribution in [0.25, 0.3) is 11.3 Å². The highest BCUT2D eigenvalue weighted by atomic mass is 16.5. The van der Waals surface area contributed by atoms with Crippen molar-refractivity contribution in [3.8, 4) is 11.3 Å². The molecular weight excluding hydrogens is 699 g/mol. The van der Waals surface area contributed by atoms with Crippen LogP contribution in [0.1, 0.15) is 66.7 Å². The normalized spacial score (nSPS) is 16.9. The van der Waals surface area contributed by atoms with E-state index in [2.05, 4.69) is 59.0 Å². The summed E-state index contributed by atoms with van der Waals surface area (Å²) in [5.41, 5.74) is 11.1. The van der Waals surface area contributed by atoms with Crippen LogP contribution < -0.4 is 5.32 Å². The van der Waals surface area contributed by atoms with Crippen molar-refractivity contribution in [2.24, 2.45) is 0 Å². The van der Waals surface area contributed by atoms with E-state index in [1.165, 1.54) is 5.56 Å². The number of carbonyl (C=O) groups excluding carboxylic acids is 3. The van der Waals surface area contributed by atoms with Crippen molar-refractivity contribution in [2.75, 3.05) is 44.7 Å². The summed E-state index contributed by atoms with van der Waals surface area (Å²) in [6.07, 6.45) is 1.80. The van der Waals surface area contributed by atoms with Crippen LogP contribution in [0.3, 0.4) is 0 Å². The molecule has 4 aromatic carbocycles. The number of benzene rings is 4. The van der Waals surface area contributed by atoms with Gasteiger partial charge < -0.3 is 24.4 Å². The molecule has 1 saturated heterocycles. The monoisotopic (exact) mass is 749 g/mol. The van der Waals surface area contributed by atoms with Crippen LogP contribution >= 0.6 is 0 Å². The lowest BCUT2D eigenvalue weighted by atomic mass is 9.89. The molecule has 3 aliphatic heterocycles. The van der Waals surface area contributed by atoms with E-state index >= 15 is 4.79 Å². The van der Waals surface area contributed by atoms with Gasteiger partial charge in [0.1, 0.15) is 5.69 Å². The zero-order valence-corrected chi connectivity index (χ0v) is 32.7. The van der Waals surface area contributed by atoms with E-state index < -0.39 is 0 Å². The highest BCUT2D eigenvalue weighted by Gasteiger charge is 2.34. The van der Waals surface area contributed by atoms with E-state index in [9.17, 15) is 9.59 Å². The summed E-state index contributed by atoms with van der Waals surface area (Å²) in [7, 11) is 0. The van der Waals surface area contributed by atoms with Crippen molar-refractivity contribution in [3.05, 3.63) is 147 Å². The van der Waals surface area contributed by atoms with Gasteiger partial charge in [0, 0.05) is 68.7 Å². The van der Waals surface area contributed by atoms with Gasteiger partial charge in [-0.05, 0) is 96.8 Å².